The summed E-state index contributed by atoms with van der Waals surface area (Å²) < 4.78 is 33.9. The lowest BCUT2D eigenvalue weighted by Crippen LogP contribution is -2.54. The van der Waals surface area contributed by atoms with Crippen molar-refractivity contribution in [3.63, 3.8) is 0 Å². The smallest absolute Gasteiger partial charge is 0.264 e. The van der Waals surface area contributed by atoms with Crippen molar-refractivity contribution >= 4 is 27.5 Å². The van der Waals surface area contributed by atoms with Gasteiger partial charge in [-0.1, -0.05) is 48.0 Å². The van der Waals surface area contributed by atoms with E-state index in [-0.39, 0.29) is 17.3 Å². The maximum Gasteiger partial charge on any atom is 0.264 e. The molecule has 39 heavy (non-hydrogen) atoms. The van der Waals surface area contributed by atoms with Gasteiger partial charge in [-0.15, -0.1) is 0 Å². The lowest BCUT2D eigenvalue weighted by atomic mass is 10.1. The van der Waals surface area contributed by atoms with Crippen LogP contribution in [-0.4, -0.2) is 50.4 Å². The van der Waals surface area contributed by atoms with Gasteiger partial charge in [0.15, 0.2) is 0 Å². The monoisotopic (exact) mass is 551 g/mol. The van der Waals surface area contributed by atoms with E-state index in [1.54, 1.807) is 68.6 Å². The highest BCUT2D eigenvalue weighted by Gasteiger charge is 2.33. The minimum atomic E-state index is -4.09. The second-order valence-electron chi connectivity index (χ2n) is 10.4. The molecule has 0 aliphatic carbocycles. The van der Waals surface area contributed by atoms with Crippen LogP contribution in [0.15, 0.2) is 83.8 Å². The summed E-state index contributed by atoms with van der Waals surface area (Å²) in [5.74, 6) is -0.187. The van der Waals surface area contributed by atoms with E-state index < -0.39 is 34.1 Å². The molecule has 0 aliphatic rings. The topological polar surface area (TPSA) is 96.0 Å². The number of nitrogens with zero attached hydrogens (tertiary/aromatic N) is 2. The van der Waals surface area contributed by atoms with Gasteiger partial charge < -0.3 is 15.0 Å². The van der Waals surface area contributed by atoms with Crippen molar-refractivity contribution in [2.24, 2.45) is 0 Å². The molecule has 0 unspecified atom stereocenters. The number of benzene rings is 3. The molecule has 1 N–H and O–H groups in total. The Bertz CT molecular complexity index is 1370. The Morgan fingerprint density at radius 1 is 0.923 bits per heavy atom. The minimum Gasteiger partial charge on any atom is -0.497 e. The summed E-state index contributed by atoms with van der Waals surface area (Å²) in [4.78, 5) is 28.5. The number of para-hydroxylation sites is 1. The second-order valence-corrected chi connectivity index (χ2v) is 12.3. The van der Waals surface area contributed by atoms with Crippen LogP contribution in [0.4, 0.5) is 5.69 Å². The number of hydrogen-bond acceptors (Lipinski definition) is 5. The van der Waals surface area contributed by atoms with Crippen LogP contribution in [0.2, 0.25) is 0 Å². The van der Waals surface area contributed by atoms with Gasteiger partial charge >= 0.3 is 0 Å². The van der Waals surface area contributed by atoms with Crippen molar-refractivity contribution in [1.29, 1.82) is 0 Å². The van der Waals surface area contributed by atoms with E-state index in [1.807, 2.05) is 39.8 Å². The lowest BCUT2D eigenvalue weighted by Gasteiger charge is -2.33. The number of nitrogens with one attached hydrogen (secondary N) is 1. The van der Waals surface area contributed by atoms with Crippen LogP contribution in [0, 0.1) is 6.92 Å². The van der Waals surface area contributed by atoms with E-state index in [2.05, 4.69) is 5.32 Å². The fourth-order valence-corrected chi connectivity index (χ4v) is 5.36. The summed E-state index contributed by atoms with van der Waals surface area (Å²) in [6, 6.07) is 21.3. The quantitative estimate of drug-likeness (QED) is 0.399. The van der Waals surface area contributed by atoms with E-state index >= 15 is 0 Å². The predicted molar refractivity (Wildman–Crippen MR) is 153 cm³/mol. The number of anilines is 1. The number of methoxy groups -OCH3 is 1. The highest BCUT2D eigenvalue weighted by Crippen LogP contribution is 2.25. The van der Waals surface area contributed by atoms with Gasteiger partial charge in [0.1, 0.15) is 18.3 Å². The van der Waals surface area contributed by atoms with Crippen molar-refractivity contribution < 1.29 is 22.7 Å². The Kier molecular flexibility index (Phi) is 9.40. The van der Waals surface area contributed by atoms with Gasteiger partial charge in [-0.3, -0.25) is 13.9 Å². The van der Waals surface area contributed by atoms with Gasteiger partial charge in [-0.05, 0) is 76.6 Å². The first-order valence-corrected chi connectivity index (χ1v) is 14.1. The van der Waals surface area contributed by atoms with Gasteiger partial charge in [-0.25, -0.2) is 8.42 Å². The third-order valence-corrected chi connectivity index (χ3v) is 7.90. The molecular weight excluding hydrogens is 514 g/mol. The number of sulfonamides is 1. The highest BCUT2D eigenvalue weighted by atomic mass is 32.2. The average Bonchev–Trinajstić information content (AvgIpc) is 2.90. The van der Waals surface area contributed by atoms with Gasteiger partial charge in [-0.2, -0.15) is 0 Å². The number of carbonyl (C=O) groups is 2. The van der Waals surface area contributed by atoms with Crippen molar-refractivity contribution in [2.75, 3.05) is 18.0 Å². The molecule has 9 heteroatoms. The Morgan fingerprint density at radius 2 is 1.51 bits per heavy atom. The number of ether oxygens (including phenoxy) is 1. The molecule has 0 saturated carbocycles. The Balaban J connectivity index is 2.00. The third kappa shape index (κ3) is 7.83. The summed E-state index contributed by atoms with van der Waals surface area (Å²) in [5.41, 5.74) is 1.53. The van der Waals surface area contributed by atoms with Crippen LogP contribution in [0.1, 0.15) is 38.8 Å². The number of hydrogen-bond donors (Lipinski definition) is 1. The SMILES string of the molecule is COc1ccc(CN(C(=O)CN(c2ccccc2)S(=O)(=O)c2ccc(C)cc2)[C@@H](C)C(=O)NC(C)(C)C)cc1. The van der Waals surface area contributed by atoms with E-state index in [0.29, 0.717) is 11.4 Å². The maximum atomic E-state index is 13.9. The number of aryl methyl sites for hydroxylation is 1. The molecule has 0 fully saturated rings. The zero-order valence-electron chi connectivity index (χ0n) is 23.3. The molecule has 208 valence electrons. The molecule has 0 radical (unpaired) electrons. The Labute approximate surface area is 231 Å². The Hall–Kier alpha value is -3.85. The molecule has 0 aliphatic heterocycles. The van der Waals surface area contributed by atoms with E-state index in [0.717, 1.165) is 15.4 Å². The first-order chi connectivity index (χ1) is 18.3. The van der Waals surface area contributed by atoms with Crippen molar-refractivity contribution in [2.45, 2.75) is 57.6 Å². The Morgan fingerprint density at radius 3 is 2.05 bits per heavy atom. The predicted octanol–water partition coefficient (Wildman–Crippen LogP) is 4.53. The normalized spacial score (nSPS) is 12.4. The summed E-state index contributed by atoms with van der Waals surface area (Å²) in [6.45, 7) is 8.72. The summed E-state index contributed by atoms with van der Waals surface area (Å²) >= 11 is 0. The summed E-state index contributed by atoms with van der Waals surface area (Å²) in [6.07, 6.45) is 0. The average molecular weight is 552 g/mol. The van der Waals surface area contributed by atoms with Crippen LogP contribution in [0.25, 0.3) is 0 Å². The van der Waals surface area contributed by atoms with Gasteiger partial charge in [0.05, 0.1) is 17.7 Å². The summed E-state index contributed by atoms with van der Waals surface area (Å²) in [7, 11) is -2.52. The zero-order valence-corrected chi connectivity index (χ0v) is 24.2. The fourth-order valence-electron chi connectivity index (χ4n) is 3.94. The molecule has 8 nitrogen and oxygen atoms in total. The van der Waals surface area contributed by atoms with E-state index in [9.17, 15) is 18.0 Å². The van der Waals surface area contributed by atoms with Crippen molar-refractivity contribution in [3.05, 3.63) is 90.0 Å². The van der Waals surface area contributed by atoms with Gasteiger partial charge in [0.2, 0.25) is 11.8 Å². The standard InChI is InChI=1S/C30H37N3O5S/c1-22-12-18-27(19-13-22)39(36,37)33(25-10-8-7-9-11-25)21-28(34)32(23(2)29(35)31-30(3,4)5)20-24-14-16-26(38-6)17-15-24/h7-19,23H,20-21H2,1-6H3,(H,31,35)/t23-/m0/s1. The molecule has 0 spiro atoms. The van der Waals surface area contributed by atoms with Crippen molar-refractivity contribution in [3.8, 4) is 5.75 Å². The van der Waals surface area contributed by atoms with E-state index in [1.165, 1.54) is 17.0 Å². The van der Waals surface area contributed by atoms with Crippen LogP contribution in [0.3, 0.4) is 0 Å². The number of carbonyl (C=O) groups excluding carboxylic acids is 2. The lowest BCUT2D eigenvalue weighted by molar-refractivity contribution is -0.140. The minimum absolute atomic E-state index is 0.0741. The molecule has 0 saturated heterocycles. The molecule has 0 heterocycles. The van der Waals surface area contributed by atoms with Crippen LogP contribution in [-0.2, 0) is 26.2 Å². The highest BCUT2D eigenvalue weighted by molar-refractivity contribution is 7.92. The van der Waals surface area contributed by atoms with Crippen molar-refractivity contribution in [1.82, 2.24) is 10.2 Å². The molecule has 0 bridgehead atoms. The first kappa shape index (κ1) is 29.7. The maximum absolute atomic E-state index is 13.9. The molecule has 2 amide bonds. The van der Waals surface area contributed by atoms with Crippen LogP contribution < -0.4 is 14.4 Å². The second kappa shape index (κ2) is 12.3. The molecular formula is C30H37N3O5S. The zero-order chi connectivity index (χ0) is 28.8. The van der Waals surface area contributed by atoms with E-state index in [4.69, 9.17) is 4.74 Å². The number of rotatable bonds is 10. The molecule has 0 aromatic heterocycles. The molecule has 3 aromatic rings. The van der Waals surface area contributed by atoms with Gasteiger partial charge in [0.25, 0.3) is 10.0 Å². The largest absolute Gasteiger partial charge is 0.497 e. The third-order valence-electron chi connectivity index (χ3n) is 6.11. The number of amides is 2. The van der Waals surface area contributed by atoms with Crippen LogP contribution >= 0.6 is 0 Å². The van der Waals surface area contributed by atoms with Crippen LogP contribution in [0.5, 0.6) is 5.75 Å². The molecule has 3 rings (SSSR count). The molecule has 3 aromatic carbocycles. The molecule has 1 atom stereocenters. The summed E-state index contributed by atoms with van der Waals surface area (Å²) in [5, 5.41) is 2.92. The van der Waals surface area contributed by atoms with Gasteiger partial charge in [0, 0.05) is 12.1 Å². The first-order valence-electron chi connectivity index (χ1n) is 12.7. The fraction of sp³-hybridized carbons (Fsp3) is 0.333.